The predicted molar refractivity (Wildman–Crippen MR) is 56.4 cm³/mol. The van der Waals surface area contributed by atoms with Gasteiger partial charge < -0.3 is 10.5 Å². The van der Waals surface area contributed by atoms with Crippen molar-refractivity contribution in [2.75, 3.05) is 7.11 Å². The number of nitrogens with zero attached hydrogens (tertiary/aromatic N) is 1. The Morgan fingerprint density at radius 2 is 2.29 bits per heavy atom. The van der Waals surface area contributed by atoms with Crippen LogP contribution in [0.25, 0.3) is 0 Å². The number of aromatic nitrogens is 1. The number of methoxy groups -OCH3 is 1. The highest BCUT2D eigenvalue weighted by atomic mass is 127. The Balaban J connectivity index is 3.24. The lowest BCUT2D eigenvalue weighted by Crippen LogP contribution is -2.06. The van der Waals surface area contributed by atoms with Crippen LogP contribution in [-0.4, -0.2) is 12.1 Å². The van der Waals surface area contributed by atoms with E-state index in [0.717, 1.165) is 0 Å². The largest absolute Gasteiger partial charge is 0.481 e. The van der Waals surface area contributed by atoms with Gasteiger partial charge in [0.05, 0.1) is 7.11 Å². The van der Waals surface area contributed by atoms with E-state index < -0.39 is 6.43 Å². The summed E-state index contributed by atoms with van der Waals surface area (Å²) in [5, 5.41) is 0. The first kappa shape index (κ1) is 11.6. The average molecular weight is 314 g/mol. The van der Waals surface area contributed by atoms with Crippen molar-refractivity contribution >= 4 is 22.6 Å². The summed E-state index contributed by atoms with van der Waals surface area (Å²) >= 11 is 1.93. The maximum Gasteiger partial charge on any atom is 0.280 e. The molecule has 0 unspecified atom stereocenters. The van der Waals surface area contributed by atoms with Crippen LogP contribution in [-0.2, 0) is 6.54 Å². The lowest BCUT2D eigenvalue weighted by molar-refractivity contribution is 0.145. The summed E-state index contributed by atoms with van der Waals surface area (Å²) in [4.78, 5) is 3.67. The lowest BCUT2D eigenvalue weighted by atomic mass is 10.2. The Morgan fingerprint density at radius 3 is 2.71 bits per heavy atom. The molecule has 1 heterocycles. The molecule has 14 heavy (non-hydrogen) atoms. The Labute approximate surface area is 93.8 Å². The molecule has 1 aromatic rings. The van der Waals surface area contributed by atoms with Crippen LogP contribution in [0.4, 0.5) is 8.78 Å². The monoisotopic (exact) mass is 314 g/mol. The molecule has 0 fully saturated rings. The number of ether oxygens (including phenoxy) is 1. The molecule has 0 radical (unpaired) electrons. The molecule has 2 N–H and O–H groups in total. The van der Waals surface area contributed by atoms with Gasteiger partial charge in [0.25, 0.3) is 6.43 Å². The summed E-state index contributed by atoms with van der Waals surface area (Å²) in [5.74, 6) is 0.176. The van der Waals surface area contributed by atoms with E-state index in [2.05, 4.69) is 4.98 Å². The second-order valence-corrected chi connectivity index (χ2v) is 3.68. The van der Waals surface area contributed by atoms with E-state index in [1.807, 2.05) is 22.6 Å². The van der Waals surface area contributed by atoms with Gasteiger partial charge in [-0.05, 0) is 28.7 Å². The fraction of sp³-hybridized carbons (Fsp3) is 0.375. The van der Waals surface area contributed by atoms with Crippen LogP contribution in [0.5, 0.6) is 5.88 Å². The molecular weight excluding hydrogens is 305 g/mol. The number of halogens is 3. The number of hydrogen-bond donors (Lipinski definition) is 1. The van der Waals surface area contributed by atoms with Crippen molar-refractivity contribution < 1.29 is 13.5 Å². The van der Waals surface area contributed by atoms with Gasteiger partial charge in [-0.15, -0.1) is 0 Å². The van der Waals surface area contributed by atoms with Gasteiger partial charge >= 0.3 is 0 Å². The van der Waals surface area contributed by atoms with Crippen molar-refractivity contribution in [1.29, 1.82) is 0 Å². The summed E-state index contributed by atoms with van der Waals surface area (Å²) in [6.45, 7) is 0.220. The third kappa shape index (κ3) is 2.30. The van der Waals surface area contributed by atoms with E-state index in [-0.39, 0.29) is 18.1 Å². The number of alkyl halides is 2. The van der Waals surface area contributed by atoms with Gasteiger partial charge in [-0.1, -0.05) is 0 Å². The molecule has 1 rings (SSSR count). The molecule has 0 aliphatic rings. The van der Waals surface area contributed by atoms with Gasteiger partial charge in [0.15, 0.2) is 0 Å². The molecule has 0 saturated heterocycles. The van der Waals surface area contributed by atoms with Gasteiger partial charge in [-0.25, -0.2) is 13.8 Å². The maximum atomic E-state index is 12.3. The van der Waals surface area contributed by atoms with Gasteiger partial charge in [-0.3, -0.25) is 0 Å². The Hall–Kier alpha value is -0.500. The van der Waals surface area contributed by atoms with Gasteiger partial charge in [0.1, 0.15) is 5.69 Å². The standard InChI is InChI=1S/C8H9F2IN2O/c1-14-8-4(3-12)5(11)2-6(13-8)7(9)10/h2,7H,3,12H2,1H3. The van der Waals surface area contributed by atoms with Gasteiger partial charge in [0.2, 0.25) is 5.88 Å². The Bertz CT molecular complexity index is 333. The minimum atomic E-state index is -2.59. The summed E-state index contributed by atoms with van der Waals surface area (Å²) in [6.07, 6.45) is -2.59. The number of nitrogens with two attached hydrogens (primary N) is 1. The molecule has 1 aromatic heterocycles. The summed E-state index contributed by atoms with van der Waals surface area (Å²) in [6, 6.07) is 1.32. The van der Waals surface area contributed by atoms with Gasteiger partial charge in [-0.2, -0.15) is 0 Å². The summed E-state index contributed by atoms with van der Waals surface area (Å²) < 4.78 is 30.2. The zero-order valence-electron chi connectivity index (χ0n) is 7.43. The van der Waals surface area contributed by atoms with Crippen LogP contribution in [0.2, 0.25) is 0 Å². The van der Waals surface area contributed by atoms with Gasteiger partial charge in [0, 0.05) is 15.7 Å². The molecule has 0 saturated carbocycles. The van der Waals surface area contributed by atoms with Crippen molar-refractivity contribution in [3.8, 4) is 5.88 Å². The highest BCUT2D eigenvalue weighted by Crippen LogP contribution is 2.26. The first-order chi connectivity index (χ1) is 6.60. The predicted octanol–water partition coefficient (Wildman–Crippen LogP) is 2.09. The SMILES string of the molecule is COc1nc(C(F)F)cc(I)c1CN. The normalized spacial score (nSPS) is 10.7. The zero-order valence-corrected chi connectivity index (χ0v) is 9.59. The number of hydrogen-bond acceptors (Lipinski definition) is 3. The Morgan fingerprint density at radius 1 is 1.64 bits per heavy atom. The fourth-order valence-electron chi connectivity index (χ4n) is 1.00. The molecule has 3 nitrogen and oxygen atoms in total. The molecule has 0 amide bonds. The van der Waals surface area contributed by atoms with Crippen LogP contribution >= 0.6 is 22.6 Å². The van der Waals surface area contributed by atoms with Crippen LogP contribution in [0, 0.1) is 3.57 Å². The number of pyridine rings is 1. The molecule has 0 aliphatic carbocycles. The van der Waals surface area contributed by atoms with Crippen molar-refractivity contribution in [3.05, 3.63) is 20.9 Å². The summed E-state index contributed by atoms with van der Waals surface area (Å²) in [5.41, 5.74) is 5.80. The van der Waals surface area contributed by atoms with Crippen LogP contribution < -0.4 is 10.5 Å². The molecule has 0 atom stereocenters. The zero-order chi connectivity index (χ0) is 10.7. The minimum absolute atomic E-state index is 0.176. The Kier molecular flexibility index (Phi) is 3.99. The van der Waals surface area contributed by atoms with E-state index in [9.17, 15) is 8.78 Å². The average Bonchev–Trinajstić information content (AvgIpc) is 2.16. The fourth-order valence-corrected chi connectivity index (χ4v) is 1.77. The minimum Gasteiger partial charge on any atom is -0.481 e. The highest BCUT2D eigenvalue weighted by molar-refractivity contribution is 14.1. The molecule has 78 valence electrons. The number of rotatable bonds is 3. The smallest absolute Gasteiger partial charge is 0.280 e. The maximum absolute atomic E-state index is 12.3. The van der Waals surface area contributed by atoms with E-state index in [0.29, 0.717) is 9.13 Å². The van der Waals surface area contributed by atoms with E-state index >= 15 is 0 Å². The highest BCUT2D eigenvalue weighted by Gasteiger charge is 2.15. The van der Waals surface area contributed by atoms with Crippen molar-refractivity contribution in [3.63, 3.8) is 0 Å². The van der Waals surface area contributed by atoms with E-state index in [1.54, 1.807) is 0 Å². The van der Waals surface area contributed by atoms with Crippen LogP contribution in [0.3, 0.4) is 0 Å². The molecule has 6 heteroatoms. The third-order valence-corrected chi connectivity index (χ3v) is 2.64. The second-order valence-electron chi connectivity index (χ2n) is 2.52. The third-order valence-electron chi connectivity index (χ3n) is 1.67. The van der Waals surface area contributed by atoms with E-state index in [1.165, 1.54) is 13.2 Å². The molecule has 0 bridgehead atoms. The molecule has 0 aliphatic heterocycles. The molecule has 0 aromatic carbocycles. The summed E-state index contributed by atoms with van der Waals surface area (Å²) in [7, 11) is 1.38. The molecule has 0 spiro atoms. The van der Waals surface area contributed by atoms with Crippen molar-refractivity contribution in [2.24, 2.45) is 5.73 Å². The lowest BCUT2D eigenvalue weighted by Gasteiger charge is -2.09. The van der Waals surface area contributed by atoms with Crippen molar-refractivity contribution in [2.45, 2.75) is 13.0 Å². The van der Waals surface area contributed by atoms with Crippen molar-refractivity contribution in [1.82, 2.24) is 4.98 Å². The second kappa shape index (κ2) is 4.83. The first-order valence-corrected chi connectivity index (χ1v) is 4.89. The van der Waals surface area contributed by atoms with Crippen LogP contribution in [0.1, 0.15) is 17.7 Å². The quantitative estimate of drug-likeness (QED) is 0.869. The van der Waals surface area contributed by atoms with Crippen LogP contribution in [0.15, 0.2) is 6.07 Å². The topological polar surface area (TPSA) is 48.1 Å². The first-order valence-electron chi connectivity index (χ1n) is 3.81. The molecular formula is C8H9F2IN2O. The van der Waals surface area contributed by atoms with E-state index in [4.69, 9.17) is 10.5 Å².